The van der Waals surface area contributed by atoms with Gasteiger partial charge in [-0.15, -0.1) is 11.3 Å². The Morgan fingerprint density at radius 2 is 1.50 bits per heavy atom. The fraction of sp³-hybridized carbons (Fsp3) is 0.0690. The summed E-state index contributed by atoms with van der Waals surface area (Å²) in [6, 6.07) is 24.6. The van der Waals surface area contributed by atoms with Crippen molar-refractivity contribution < 1.29 is 14.3 Å². The lowest BCUT2D eigenvalue weighted by Gasteiger charge is -2.12. The molecule has 2 aromatic heterocycles. The number of ketones is 1. The molecule has 0 saturated carbocycles. The zero-order valence-corrected chi connectivity index (χ0v) is 21.2. The number of para-hydroxylation sites is 1. The highest BCUT2D eigenvalue weighted by atomic mass is 32.1. The van der Waals surface area contributed by atoms with Crippen molar-refractivity contribution in [3.05, 3.63) is 107 Å². The molecule has 0 aliphatic heterocycles. The molecule has 0 saturated heterocycles. The van der Waals surface area contributed by atoms with Gasteiger partial charge in [-0.1, -0.05) is 41.7 Å². The van der Waals surface area contributed by atoms with Crippen LogP contribution in [0.2, 0.25) is 0 Å². The van der Waals surface area contributed by atoms with Gasteiger partial charge < -0.3 is 9.47 Å². The molecule has 4 aromatic carbocycles. The maximum Gasteiger partial charge on any atom is 0.279 e. The van der Waals surface area contributed by atoms with Crippen LogP contribution in [-0.2, 0) is 0 Å². The molecule has 6 aromatic rings. The summed E-state index contributed by atoms with van der Waals surface area (Å²) < 4.78 is 14.2. The van der Waals surface area contributed by atoms with Gasteiger partial charge in [0.15, 0.2) is 5.78 Å². The summed E-state index contributed by atoms with van der Waals surface area (Å²) in [6.45, 7) is 3.89. The third kappa shape index (κ3) is 4.34. The fourth-order valence-electron chi connectivity index (χ4n) is 4.12. The third-order valence-corrected chi connectivity index (χ3v) is 7.50. The van der Waals surface area contributed by atoms with E-state index in [0.717, 1.165) is 37.3 Å². The van der Waals surface area contributed by atoms with Crippen LogP contribution in [0, 0.1) is 13.8 Å². The molecule has 0 radical (unpaired) electrons. The first-order valence-corrected chi connectivity index (χ1v) is 13.0. The monoisotopic (exact) mass is 508 g/mol. The molecule has 0 amide bonds. The van der Waals surface area contributed by atoms with Crippen LogP contribution in [0.25, 0.3) is 20.4 Å². The van der Waals surface area contributed by atoms with E-state index < -0.39 is 0 Å². The van der Waals surface area contributed by atoms with E-state index in [4.69, 9.17) is 9.47 Å². The molecule has 0 N–H and O–H groups in total. The summed E-state index contributed by atoms with van der Waals surface area (Å²) in [6.07, 6.45) is 0. The number of aromatic nitrogens is 2. The molecule has 176 valence electrons. The number of fused-ring (bicyclic) bond motifs is 2. The van der Waals surface area contributed by atoms with Gasteiger partial charge in [0.2, 0.25) is 0 Å². The molecule has 7 heteroatoms. The highest BCUT2D eigenvalue weighted by Crippen LogP contribution is 2.37. The van der Waals surface area contributed by atoms with Crippen molar-refractivity contribution in [3.8, 4) is 22.4 Å². The van der Waals surface area contributed by atoms with Crippen LogP contribution in [0.15, 0.2) is 84.4 Å². The molecule has 0 aliphatic rings. The first-order valence-electron chi connectivity index (χ1n) is 11.3. The smallest absolute Gasteiger partial charge is 0.279 e. The summed E-state index contributed by atoms with van der Waals surface area (Å²) in [5.74, 6) is 1.98. The van der Waals surface area contributed by atoms with Crippen molar-refractivity contribution in [1.29, 1.82) is 0 Å². The summed E-state index contributed by atoms with van der Waals surface area (Å²) in [5.41, 5.74) is 6.62. The average molecular weight is 509 g/mol. The Bertz CT molecular complexity index is 1670. The van der Waals surface area contributed by atoms with E-state index in [-0.39, 0.29) is 5.78 Å². The van der Waals surface area contributed by atoms with Gasteiger partial charge >= 0.3 is 0 Å². The fourth-order valence-corrected chi connectivity index (χ4v) is 5.65. The van der Waals surface area contributed by atoms with Gasteiger partial charge in [0, 0.05) is 11.1 Å². The number of aryl methyl sites for hydroxylation is 2. The Morgan fingerprint density at radius 3 is 2.31 bits per heavy atom. The molecule has 0 aliphatic carbocycles. The molecule has 6 rings (SSSR count). The van der Waals surface area contributed by atoms with Crippen molar-refractivity contribution in [2.24, 2.45) is 0 Å². The number of carbonyl (C=O) groups excluding carboxylic acids is 1. The van der Waals surface area contributed by atoms with E-state index in [2.05, 4.69) is 9.97 Å². The predicted molar refractivity (Wildman–Crippen MR) is 145 cm³/mol. The second-order valence-electron chi connectivity index (χ2n) is 8.43. The second-order valence-corrected chi connectivity index (χ2v) is 10.3. The van der Waals surface area contributed by atoms with Gasteiger partial charge in [0.05, 0.1) is 25.9 Å². The first-order chi connectivity index (χ1) is 17.5. The lowest BCUT2D eigenvalue weighted by molar-refractivity contribution is 0.103. The molecule has 36 heavy (non-hydrogen) atoms. The number of thiazole rings is 2. The lowest BCUT2D eigenvalue weighted by Crippen LogP contribution is -2.04. The Balaban J connectivity index is 1.26. The Hall–Kier alpha value is -4.07. The lowest BCUT2D eigenvalue weighted by atomic mass is 9.98. The number of ether oxygens (including phenoxy) is 2. The van der Waals surface area contributed by atoms with E-state index >= 15 is 0 Å². The molecule has 0 fully saturated rings. The molecule has 0 atom stereocenters. The van der Waals surface area contributed by atoms with Gasteiger partial charge in [0.25, 0.3) is 5.19 Å². The topological polar surface area (TPSA) is 61.3 Å². The third-order valence-electron chi connectivity index (χ3n) is 5.81. The summed E-state index contributed by atoms with van der Waals surface area (Å²) in [4.78, 5) is 22.4. The summed E-state index contributed by atoms with van der Waals surface area (Å²) in [7, 11) is 0. The minimum Gasteiger partial charge on any atom is -0.457 e. The standard InChI is InChI=1S/C29H20N2O3S2/c1-17-11-20(27(32)19-7-6-10-22(13-19)33-21-8-4-3-5-9-21)12-18(2)28(17)34-29-31-24-15-25-23(30-16-35-25)14-26(24)36-29/h3-16H,1-2H3. The first kappa shape index (κ1) is 22.4. The average Bonchev–Trinajstić information content (AvgIpc) is 3.50. The Labute approximate surface area is 215 Å². The van der Waals surface area contributed by atoms with Gasteiger partial charge in [-0.25, -0.2) is 9.97 Å². The molecule has 2 heterocycles. The largest absolute Gasteiger partial charge is 0.457 e. The van der Waals surface area contributed by atoms with Crippen molar-refractivity contribution in [2.45, 2.75) is 13.8 Å². The van der Waals surface area contributed by atoms with Crippen LogP contribution in [0.4, 0.5) is 0 Å². The maximum atomic E-state index is 13.3. The molecule has 0 spiro atoms. The van der Waals surface area contributed by atoms with Gasteiger partial charge in [-0.2, -0.15) is 0 Å². The van der Waals surface area contributed by atoms with Crippen molar-refractivity contribution in [2.75, 3.05) is 0 Å². The Kier molecular flexibility index (Phi) is 5.71. The highest BCUT2D eigenvalue weighted by Gasteiger charge is 2.17. The molecule has 5 nitrogen and oxygen atoms in total. The minimum atomic E-state index is -0.0705. The zero-order chi connectivity index (χ0) is 24.6. The van der Waals surface area contributed by atoms with Gasteiger partial charge in [0.1, 0.15) is 17.2 Å². The number of hydrogen-bond donors (Lipinski definition) is 0. The van der Waals surface area contributed by atoms with Gasteiger partial charge in [-0.05, 0) is 73.5 Å². The molecule has 0 unspecified atom stereocenters. The van der Waals surface area contributed by atoms with Gasteiger partial charge in [-0.3, -0.25) is 4.79 Å². The van der Waals surface area contributed by atoms with Crippen LogP contribution >= 0.6 is 22.7 Å². The van der Waals surface area contributed by atoms with Crippen LogP contribution in [0.1, 0.15) is 27.0 Å². The SMILES string of the molecule is Cc1cc(C(=O)c2cccc(Oc3ccccc3)c2)cc(C)c1Oc1nc2cc3scnc3cc2s1. The van der Waals surface area contributed by atoms with Crippen LogP contribution < -0.4 is 9.47 Å². The van der Waals surface area contributed by atoms with E-state index in [1.165, 1.54) is 11.3 Å². The molecule has 0 bridgehead atoms. The highest BCUT2D eigenvalue weighted by molar-refractivity contribution is 7.20. The molecular formula is C29H20N2O3S2. The number of rotatable bonds is 6. The molecular weight excluding hydrogens is 488 g/mol. The van der Waals surface area contributed by atoms with E-state index in [9.17, 15) is 4.79 Å². The second kappa shape index (κ2) is 9.18. The van der Waals surface area contributed by atoms with Crippen LogP contribution in [0.3, 0.4) is 0 Å². The normalized spacial score (nSPS) is 11.2. The summed E-state index contributed by atoms with van der Waals surface area (Å²) in [5, 5.41) is 0.568. The van der Waals surface area contributed by atoms with E-state index in [1.807, 2.05) is 86.1 Å². The van der Waals surface area contributed by atoms with E-state index in [0.29, 0.717) is 27.8 Å². The maximum absolute atomic E-state index is 13.3. The van der Waals surface area contributed by atoms with Crippen LogP contribution in [0.5, 0.6) is 22.4 Å². The zero-order valence-electron chi connectivity index (χ0n) is 19.5. The number of nitrogens with zero attached hydrogens (tertiary/aromatic N) is 2. The minimum absolute atomic E-state index is 0.0705. The number of hydrogen-bond acceptors (Lipinski definition) is 7. The predicted octanol–water partition coefficient (Wildman–Crippen LogP) is 8.34. The van der Waals surface area contributed by atoms with Crippen LogP contribution in [-0.4, -0.2) is 15.8 Å². The van der Waals surface area contributed by atoms with Crippen molar-refractivity contribution in [1.82, 2.24) is 9.97 Å². The van der Waals surface area contributed by atoms with Crippen molar-refractivity contribution >= 4 is 48.9 Å². The summed E-state index contributed by atoms with van der Waals surface area (Å²) >= 11 is 3.08. The van der Waals surface area contributed by atoms with Crippen molar-refractivity contribution in [3.63, 3.8) is 0 Å². The quantitative estimate of drug-likeness (QED) is 0.212. The number of carbonyl (C=O) groups is 1. The number of benzene rings is 4. The Morgan fingerprint density at radius 1 is 0.750 bits per heavy atom. The van der Waals surface area contributed by atoms with E-state index in [1.54, 1.807) is 23.5 Å².